The molecule has 0 saturated heterocycles. The monoisotopic (exact) mass is 253 g/mol. The molecule has 2 rings (SSSR count). The van der Waals surface area contributed by atoms with Gasteiger partial charge in [-0.2, -0.15) is 5.26 Å². The Morgan fingerprint density at radius 2 is 2.00 bits per heavy atom. The Labute approximate surface area is 101 Å². The van der Waals surface area contributed by atoms with Gasteiger partial charge in [-0.15, -0.1) is 5.10 Å². The van der Waals surface area contributed by atoms with Gasteiger partial charge in [0.05, 0.1) is 15.6 Å². The third-order valence-electron chi connectivity index (χ3n) is 1.83. The minimum Gasteiger partial charge on any atom is -0.323 e. The van der Waals surface area contributed by atoms with Crippen LogP contribution in [-0.4, -0.2) is 15.2 Å². The second-order valence-electron chi connectivity index (χ2n) is 2.87. The fraction of sp³-hybridized carbons (Fsp3) is 0. The normalized spacial score (nSPS) is 9.81. The summed E-state index contributed by atoms with van der Waals surface area (Å²) >= 11 is 11.8. The maximum atomic E-state index is 8.78. The van der Waals surface area contributed by atoms with Gasteiger partial charge in [-0.3, -0.25) is 5.10 Å². The molecule has 0 radical (unpaired) electrons. The maximum absolute atomic E-state index is 8.78. The van der Waals surface area contributed by atoms with E-state index in [1.54, 1.807) is 12.1 Å². The summed E-state index contributed by atoms with van der Waals surface area (Å²) in [4.78, 5) is 3.88. The summed E-state index contributed by atoms with van der Waals surface area (Å²) in [5.41, 5.74) is 0.873. The second kappa shape index (κ2) is 4.39. The minimum absolute atomic E-state index is 0.254. The summed E-state index contributed by atoms with van der Waals surface area (Å²) in [5, 5.41) is 18.6. The van der Waals surface area contributed by atoms with Crippen LogP contribution < -0.4 is 5.32 Å². The lowest BCUT2D eigenvalue weighted by atomic mass is 10.2. The number of nitrogens with one attached hydrogen (secondary N) is 2. The number of anilines is 2. The topological polar surface area (TPSA) is 77.4 Å². The highest BCUT2D eigenvalue weighted by Gasteiger charge is 2.08. The SMILES string of the molecule is N#Cc1c(Cl)cc(Nc2nc[nH]n2)cc1Cl. The number of nitriles is 1. The Kier molecular flexibility index (Phi) is 2.95. The lowest BCUT2D eigenvalue weighted by Crippen LogP contribution is -1.93. The zero-order valence-corrected chi connectivity index (χ0v) is 9.34. The molecular weight excluding hydrogens is 249 g/mol. The van der Waals surface area contributed by atoms with E-state index in [-0.39, 0.29) is 15.6 Å². The van der Waals surface area contributed by atoms with E-state index < -0.39 is 0 Å². The van der Waals surface area contributed by atoms with E-state index in [1.165, 1.54) is 6.33 Å². The quantitative estimate of drug-likeness (QED) is 0.863. The highest BCUT2D eigenvalue weighted by atomic mass is 35.5. The van der Waals surface area contributed by atoms with Gasteiger partial charge in [0.1, 0.15) is 12.4 Å². The molecule has 1 aromatic heterocycles. The van der Waals surface area contributed by atoms with Crippen molar-refractivity contribution in [3.8, 4) is 6.07 Å². The first-order chi connectivity index (χ1) is 7.70. The van der Waals surface area contributed by atoms with E-state index in [9.17, 15) is 0 Å². The molecule has 0 bridgehead atoms. The number of rotatable bonds is 2. The van der Waals surface area contributed by atoms with Crippen LogP contribution >= 0.6 is 23.2 Å². The van der Waals surface area contributed by atoms with Crippen molar-refractivity contribution in [3.05, 3.63) is 34.1 Å². The number of nitrogens with zero attached hydrogens (tertiary/aromatic N) is 3. The number of aromatic amines is 1. The molecule has 0 unspecified atom stereocenters. The number of hydrogen-bond donors (Lipinski definition) is 2. The van der Waals surface area contributed by atoms with Crippen molar-refractivity contribution in [1.82, 2.24) is 15.2 Å². The molecule has 0 spiro atoms. The minimum atomic E-state index is 0.254. The molecule has 0 aliphatic rings. The summed E-state index contributed by atoms with van der Waals surface area (Å²) in [6, 6.07) is 5.09. The van der Waals surface area contributed by atoms with Gasteiger partial charge in [-0.05, 0) is 12.1 Å². The van der Waals surface area contributed by atoms with Crippen molar-refractivity contribution in [2.45, 2.75) is 0 Å². The van der Waals surface area contributed by atoms with Crippen molar-refractivity contribution in [1.29, 1.82) is 5.26 Å². The molecular formula is C9H5Cl2N5. The summed E-state index contributed by atoms with van der Waals surface area (Å²) in [5.74, 6) is 0.400. The van der Waals surface area contributed by atoms with E-state index >= 15 is 0 Å². The van der Waals surface area contributed by atoms with E-state index in [2.05, 4.69) is 20.5 Å². The number of aromatic nitrogens is 3. The van der Waals surface area contributed by atoms with Crippen LogP contribution in [0.4, 0.5) is 11.6 Å². The molecule has 16 heavy (non-hydrogen) atoms. The average Bonchev–Trinajstić information content (AvgIpc) is 2.70. The summed E-state index contributed by atoms with van der Waals surface area (Å²) in [7, 11) is 0. The van der Waals surface area contributed by atoms with E-state index in [0.717, 1.165) is 0 Å². The molecule has 1 heterocycles. The van der Waals surface area contributed by atoms with Crippen molar-refractivity contribution >= 4 is 34.8 Å². The molecule has 0 amide bonds. The van der Waals surface area contributed by atoms with Gasteiger partial charge >= 0.3 is 0 Å². The lowest BCUT2D eigenvalue weighted by molar-refractivity contribution is 1.09. The molecule has 0 fully saturated rings. The number of H-pyrrole nitrogens is 1. The Bertz CT molecular complexity index is 521. The smallest absolute Gasteiger partial charge is 0.246 e. The first kappa shape index (κ1) is 10.7. The third-order valence-corrected chi connectivity index (χ3v) is 2.42. The van der Waals surface area contributed by atoms with Gasteiger partial charge in [0.2, 0.25) is 5.95 Å². The Hall–Kier alpha value is -1.77. The van der Waals surface area contributed by atoms with Crippen molar-refractivity contribution < 1.29 is 0 Å². The van der Waals surface area contributed by atoms with Crippen LogP contribution in [-0.2, 0) is 0 Å². The Morgan fingerprint density at radius 1 is 1.31 bits per heavy atom. The van der Waals surface area contributed by atoms with Crippen LogP contribution in [0.15, 0.2) is 18.5 Å². The van der Waals surface area contributed by atoms with Crippen molar-refractivity contribution in [2.24, 2.45) is 0 Å². The molecule has 7 heteroatoms. The Morgan fingerprint density at radius 3 is 2.50 bits per heavy atom. The van der Waals surface area contributed by atoms with Gasteiger partial charge < -0.3 is 5.32 Å². The molecule has 2 aromatic rings. The molecule has 1 aromatic carbocycles. The molecule has 80 valence electrons. The van der Waals surface area contributed by atoms with E-state index in [1.807, 2.05) is 6.07 Å². The maximum Gasteiger partial charge on any atom is 0.246 e. The van der Waals surface area contributed by atoms with E-state index in [0.29, 0.717) is 11.6 Å². The molecule has 0 aliphatic carbocycles. The van der Waals surface area contributed by atoms with Crippen LogP contribution in [0.1, 0.15) is 5.56 Å². The predicted octanol–water partition coefficient (Wildman–Crippen LogP) is 2.73. The fourth-order valence-electron chi connectivity index (χ4n) is 1.15. The molecule has 2 N–H and O–H groups in total. The lowest BCUT2D eigenvalue weighted by Gasteiger charge is -2.05. The van der Waals surface area contributed by atoms with Crippen LogP contribution in [0.25, 0.3) is 0 Å². The van der Waals surface area contributed by atoms with Crippen molar-refractivity contribution in [3.63, 3.8) is 0 Å². The highest BCUT2D eigenvalue weighted by molar-refractivity contribution is 6.37. The van der Waals surface area contributed by atoms with Gasteiger partial charge in [0, 0.05) is 5.69 Å². The molecule has 5 nitrogen and oxygen atoms in total. The molecule has 0 saturated carbocycles. The van der Waals surface area contributed by atoms with Gasteiger partial charge in [0.15, 0.2) is 0 Å². The average molecular weight is 254 g/mol. The zero-order chi connectivity index (χ0) is 11.5. The second-order valence-corrected chi connectivity index (χ2v) is 3.69. The van der Waals surface area contributed by atoms with Crippen molar-refractivity contribution in [2.75, 3.05) is 5.32 Å². The van der Waals surface area contributed by atoms with Crippen LogP contribution in [0.5, 0.6) is 0 Å². The van der Waals surface area contributed by atoms with Crippen LogP contribution in [0.3, 0.4) is 0 Å². The predicted molar refractivity (Wildman–Crippen MR) is 60.8 cm³/mol. The number of benzene rings is 1. The van der Waals surface area contributed by atoms with Crippen LogP contribution in [0.2, 0.25) is 10.0 Å². The van der Waals surface area contributed by atoms with Gasteiger partial charge in [0.25, 0.3) is 0 Å². The third kappa shape index (κ3) is 2.08. The standard InChI is InChI=1S/C9H5Cl2N5/c10-7-1-5(2-8(11)6(7)3-12)15-9-13-4-14-16-9/h1-2,4H,(H2,13,14,15,16). The van der Waals surface area contributed by atoms with Crippen LogP contribution in [0, 0.1) is 11.3 Å². The number of hydrogen-bond acceptors (Lipinski definition) is 4. The zero-order valence-electron chi connectivity index (χ0n) is 7.83. The first-order valence-electron chi connectivity index (χ1n) is 4.22. The highest BCUT2D eigenvalue weighted by Crippen LogP contribution is 2.29. The fourth-order valence-corrected chi connectivity index (χ4v) is 1.72. The van der Waals surface area contributed by atoms with E-state index in [4.69, 9.17) is 28.5 Å². The molecule has 0 aliphatic heterocycles. The Balaban J connectivity index is 2.34. The number of halogens is 2. The molecule has 0 atom stereocenters. The largest absolute Gasteiger partial charge is 0.323 e. The van der Waals surface area contributed by atoms with Gasteiger partial charge in [-0.25, -0.2) is 4.98 Å². The summed E-state index contributed by atoms with van der Waals surface area (Å²) in [6.07, 6.45) is 1.44. The van der Waals surface area contributed by atoms with Gasteiger partial charge in [-0.1, -0.05) is 23.2 Å². The summed E-state index contributed by atoms with van der Waals surface area (Å²) < 4.78 is 0. The summed E-state index contributed by atoms with van der Waals surface area (Å²) in [6.45, 7) is 0. The first-order valence-corrected chi connectivity index (χ1v) is 4.98.